The molecule has 0 fully saturated rings. The molecule has 0 bridgehead atoms. The number of aliphatic hydroxyl groups is 1. The van der Waals surface area contributed by atoms with Gasteiger partial charge in [-0.15, -0.1) is 11.3 Å². The number of rotatable bonds is 2. The van der Waals surface area contributed by atoms with Crippen molar-refractivity contribution in [2.75, 3.05) is 0 Å². The van der Waals surface area contributed by atoms with Crippen molar-refractivity contribution in [3.8, 4) is 5.75 Å². The van der Waals surface area contributed by atoms with Crippen LogP contribution in [0.25, 0.3) is 0 Å². The molecule has 2 unspecified atom stereocenters. The summed E-state index contributed by atoms with van der Waals surface area (Å²) in [5.74, 6) is 0.237. The van der Waals surface area contributed by atoms with E-state index in [0.717, 1.165) is 11.3 Å². The normalized spacial score (nSPS) is 21.8. The Hall–Kier alpha value is -1.39. The molecule has 0 amide bonds. The molecule has 19 heavy (non-hydrogen) atoms. The van der Waals surface area contributed by atoms with Crippen LogP contribution < -0.4 is 4.74 Å². The van der Waals surface area contributed by atoms with Gasteiger partial charge in [-0.25, -0.2) is 4.39 Å². The molecule has 1 aromatic carbocycles. The van der Waals surface area contributed by atoms with Gasteiger partial charge in [-0.3, -0.25) is 0 Å². The molecule has 1 aliphatic rings. The average molecular weight is 278 g/mol. The Labute approximate surface area is 115 Å². The van der Waals surface area contributed by atoms with Crippen LogP contribution in [0, 0.1) is 5.82 Å². The maximum atomic E-state index is 13.2. The van der Waals surface area contributed by atoms with Crippen LogP contribution in [0.4, 0.5) is 4.39 Å². The highest BCUT2D eigenvalue weighted by Gasteiger charge is 2.29. The number of aryl methyl sites for hydroxylation is 1. The van der Waals surface area contributed by atoms with Crippen LogP contribution in [-0.4, -0.2) is 5.11 Å². The smallest absolute Gasteiger partial charge is 0.136 e. The van der Waals surface area contributed by atoms with Crippen molar-refractivity contribution in [3.63, 3.8) is 0 Å². The predicted octanol–water partition coefficient (Wildman–Crippen LogP) is 4.01. The fourth-order valence-corrected chi connectivity index (χ4v) is 3.34. The molecular weight excluding hydrogens is 263 g/mol. The summed E-state index contributed by atoms with van der Waals surface area (Å²) >= 11 is 1.71. The topological polar surface area (TPSA) is 29.5 Å². The molecule has 3 rings (SSSR count). The molecule has 0 saturated carbocycles. The van der Waals surface area contributed by atoms with Gasteiger partial charge in [0.2, 0.25) is 0 Å². The Morgan fingerprint density at radius 1 is 1.37 bits per heavy atom. The van der Waals surface area contributed by atoms with Gasteiger partial charge in [0.15, 0.2) is 0 Å². The summed E-state index contributed by atoms with van der Waals surface area (Å²) in [6.07, 6.45) is 0.664. The van der Waals surface area contributed by atoms with E-state index in [0.29, 0.717) is 17.7 Å². The Balaban J connectivity index is 1.90. The number of benzene rings is 1. The van der Waals surface area contributed by atoms with Crippen molar-refractivity contribution in [1.82, 2.24) is 0 Å². The average Bonchev–Trinajstić information content (AvgIpc) is 2.88. The van der Waals surface area contributed by atoms with Gasteiger partial charge >= 0.3 is 0 Å². The van der Waals surface area contributed by atoms with Gasteiger partial charge in [0.05, 0.1) is 6.10 Å². The van der Waals surface area contributed by atoms with Crippen molar-refractivity contribution >= 4 is 11.3 Å². The van der Waals surface area contributed by atoms with Crippen molar-refractivity contribution in [1.29, 1.82) is 0 Å². The van der Waals surface area contributed by atoms with Crippen LogP contribution in [0.3, 0.4) is 0 Å². The maximum Gasteiger partial charge on any atom is 0.136 e. The van der Waals surface area contributed by atoms with E-state index in [9.17, 15) is 9.50 Å². The predicted molar refractivity (Wildman–Crippen MR) is 73.0 cm³/mol. The van der Waals surface area contributed by atoms with Gasteiger partial charge in [-0.2, -0.15) is 0 Å². The minimum atomic E-state index is -0.670. The molecule has 1 N–H and O–H groups in total. The lowest BCUT2D eigenvalue weighted by molar-refractivity contribution is 0.0670. The quantitative estimate of drug-likeness (QED) is 0.899. The first-order chi connectivity index (χ1) is 9.17. The first-order valence-corrected chi connectivity index (χ1v) is 7.21. The monoisotopic (exact) mass is 278 g/mol. The molecule has 0 saturated heterocycles. The van der Waals surface area contributed by atoms with Crippen LogP contribution in [0.2, 0.25) is 0 Å². The van der Waals surface area contributed by atoms with Gasteiger partial charge in [0.25, 0.3) is 0 Å². The summed E-state index contributed by atoms with van der Waals surface area (Å²) in [5, 5.41) is 10.1. The third-order valence-corrected chi connectivity index (χ3v) is 4.71. The van der Waals surface area contributed by atoms with Crippen LogP contribution in [-0.2, 0) is 6.42 Å². The highest BCUT2D eigenvalue weighted by molar-refractivity contribution is 7.12. The van der Waals surface area contributed by atoms with Crippen LogP contribution >= 0.6 is 11.3 Å². The first kappa shape index (κ1) is 12.6. The number of aliphatic hydroxyl groups excluding tert-OH is 1. The SMILES string of the molecule is CCc1ccc(C2CC(O)c3cc(F)ccc3O2)s1. The van der Waals surface area contributed by atoms with E-state index in [4.69, 9.17) is 4.74 Å². The number of hydrogen-bond donors (Lipinski definition) is 1. The van der Waals surface area contributed by atoms with E-state index in [1.807, 2.05) is 0 Å². The maximum absolute atomic E-state index is 13.2. The third-order valence-electron chi connectivity index (χ3n) is 3.39. The standard InChI is InChI=1S/C15H15FO2S/c1-2-10-4-6-15(19-10)14-8-12(17)11-7-9(16)3-5-13(11)18-14/h3-7,12,14,17H,2,8H2,1H3. The van der Waals surface area contributed by atoms with E-state index in [2.05, 4.69) is 19.1 Å². The molecule has 0 spiro atoms. The molecule has 2 heterocycles. The van der Waals surface area contributed by atoms with E-state index in [1.54, 1.807) is 17.4 Å². The zero-order chi connectivity index (χ0) is 13.4. The van der Waals surface area contributed by atoms with Gasteiger partial charge in [0, 0.05) is 21.7 Å². The number of thiophene rings is 1. The molecule has 4 heteroatoms. The molecule has 0 aliphatic carbocycles. The molecular formula is C15H15FO2S. The van der Waals surface area contributed by atoms with Crippen molar-refractivity contribution in [2.24, 2.45) is 0 Å². The molecule has 2 aromatic rings. The highest BCUT2D eigenvalue weighted by Crippen LogP contribution is 2.42. The number of hydrogen-bond acceptors (Lipinski definition) is 3. The number of halogens is 1. The molecule has 0 radical (unpaired) electrons. The second-order valence-electron chi connectivity index (χ2n) is 4.70. The minimum absolute atomic E-state index is 0.140. The number of ether oxygens (including phenoxy) is 1. The second-order valence-corrected chi connectivity index (χ2v) is 5.90. The Bertz CT molecular complexity index is 594. The lowest BCUT2D eigenvalue weighted by atomic mass is 9.98. The van der Waals surface area contributed by atoms with Gasteiger partial charge in [0.1, 0.15) is 17.7 Å². The summed E-state index contributed by atoms with van der Waals surface area (Å²) in [6.45, 7) is 2.12. The second kappa shape index (κ2) is 4.94. The van der Waals surface area contributed by atoms with E-state index in [-0.39, 0.29) is 11.9 Å². The van der Waals surface area contributed by atoms with Crippen LogP contribution in [0.1, 0.15) is 40.9 Å². The summed E-state index contributed by atoms with van der Waals surface area (Å²) in [6, 6.07) is 8.45. The molecule has 100 valence electrons. The van der Waals surface area contributed by atoms with Crippen molar-refractivity contribution in [2.45, 2.75) is 32.0 Å². The van der Waals surface area contributed by atoms with Crippen molar-refractivity contribution < 1.29 is 14.2 Å². The Kier molecular flexibility index (Phi) is 3.29. The Morgan fingerprint density at radius 2 is 2.21 bits per heavy atom. The van der Waals surface area contributed by atoms with E-state index in [1.165, 1.54) is 17.0 Å². The first-order valence-electron chi connectivity index (χ1n) is 6.40. The summed E-state index contributed by atoms with van der Waals surface area (Å²) in [4.78, 5) is 2.42. The minimum Gasteiger partial charge on any atom is -0.484 e. The molecule has 2 atom stereocenters. The largest absolute Gasteiger partial charge is 0.484 e. The number of fused-ring (bicyclic) bond motifs is 1. The van der Waals surface area contributed by atoms with Crippen LogP contribution in [0.5, 0.6) is 5.75 Å². The molecule has 2 nitrogen and oxygen atoms in total. The molecule has 1 aliphatic heterocycles. The van der Waals surface area contributed by atoms with Gasteiger partial charge in [-0.05, 0) is 36.8 Å². The fourth-order valence-electron chi connectivity index (χ4n) is 2.35. The van der Waals surface area contributed by atoms with E-state index >= 15 is 0 Å². The summed E-state index contributed by atoms with van der Waals surface area (Å²) in [5.41, 5.74) is 0.545. The zero-order valence-electron chi connectivity index (χ0n) is 10.6. The lowest BCUT2D eigenvalue weighted by Crippen LogP contribution is -2.18. The van der Waals surface area contributed by atoms with E-state index < -0.39 is 6.10 Å². The summed E-state index contributed by atoms with van der Waals surface area (Å²) < 4.78 is 19.1. The van der Waals surface area contributed by atoms with Gasteiger partial charge < -0.3 is 9.84 Å². The lowest BCUT2D eigenvalue weighted by Gasteiger charge is -2.29. The highest BCUT2D eigenvalue weighted by atomic mass is 32.1. The summed E-state index contributed by atoms with van der Waals surface area (Å²) in [7, 11) is 0. The molecule has 1 aromatic heterocycles. The zero-order valence-corrected chi connectivity index (χ0v) is 11.4. The Morgan fingerprint density at radius 3 is 2.95 bits per heavy atom. The van der Waals surface area contributed by atoms with Gasteiger partial charge in [-0.1, -0.05) is 6.92 Å². The van der Waals surface area contributed by atoms with Crippen molar-refractivity contribution in [3.05, 3.63) is 51.5 Å². The third kappa shape index (κ3) is 2.38. The van der Waals surface area contributed by atoms with Crippen LogP contribution in [0.15, 0.2) is 30.3 Å². The fraction of sp³-hybridized carbons (Fsp3) is 0.333.